The number of rotatable bonds is 13. The number of ether oxygens (including phenoxy) is 1. The number of aliphatic hydroxyl groups excluding tert-OH is 1. The topological polar surface area (TPSA) is 78.8 Å². The Morgan fingerprint density at radius 3 is 2.55 bits per heavy atom. The van der Waals surface area contributed by atoms with E-state index in [0.717, 1.165) is 25.7 Å². The number of hydrogen-bond acceptors (Lipinski definition) is 4. The Hall–Kier alpha value is -0.650. The zero-order valence-corrected chi connectivity index (χ0v) is 13.1. The van der Waals surface area contributed by atoms with Gasteiger partial charge in [-0.25, -0.2) is 0 Å². The van der Waals surface area contributed by atoms with Gasteiger partial charge in [-0.2, -0.15) is 0 Å². The van der Waals surface area contributed by atoms with Crippen molar-refractivity contribution in [3.8, 4) is 0 Å². The van der Waals surface area contributed by atoms with E-state index in [-0.39, 0.29) is 12.0 Å². The summed E-state index contributed by atoms with van der Waals surface area (Å²) >= 11 is 0. The van der Waals surface area contributed by atoms with E-state index in [1.165, 1.54) is 0 Å². The molecule has 3 N–H and O–H groups in total. The third kappa shape index (κ3) is 11.2. The lowest BCUT2D eigenvalue weighted by Crippen LogP contribution is -2.36. The third-order valence-corrected chi connectivity index (χ3v) is 3.35. The zero-order chi connectivity index (χ0) is 15.4. The fraction of sp³-hybridized carbons (Fsp3) is 0.933. The van der Waals surface area contributed by atoms with Crippen LogP contribution in [0.25, 0.3) is 0 Å². The van der Waals surface area contributed by atoms with Gasteiger partial charge in [-0.15, -0.1) is 0 Å². The molecule has 5 nitrogen and oxygen atoms in total. The fourth-order valence-electron chi connectivity index (χ4n) is 1.82. The normalized spacial score (nSPS) is 15.8. The summed E-state index contributed by atoms with van der Waals surface area (Å²) < 4.78 is 5.35. The maximum atomic E-state index is 10.7. The van der Waals surface area contributed by atoms with Crippen LogP contribution >= 0.6 is 0 Å². The van der Waals surface area contributed by atoms with Gasteiger partial charge in [0.2, 0.25) is 0 Å². The minimum Gasteiger partial charge on any atom is -0.481 e. The van der Waals surface area contributed by atoms with Crippen molar-refractivity contribution in [1.82, 2.24) is 5.32 Å². The lowest BCUT2D eigenvalue weighted by molar-refractivity contribution is -0.141. The van der Waals surface area contributed by atoms with Crippen LogP contribution in [0.2, 0.25) is 0 Å². The number of aliphatic hydroxyl groups is 1. The Morgan fingerprint density at radius 2 is 1.95 bits per heavy atom. The number of carboxylic acid groups (broad SMARTS) is 1. The summed E-state index contributed by atoms with van der Waals surface area (Å²) in [4.78, 5) is 10.7. The Morgan fingerprint density at radius 1 is 1.25 bits per heavy atom. The first kappa shape index (κ1) is 19.4. The Bertz CT molecular complexity index is 248. The summed E-state index contributed by atoms with van der Waals surface area (Å²) in [6, 6.07) is 0.279. The first-order valence-corrected chi connectivity index (χ1v) is 7.69. The van der Waals surface area contributed by atoms with Crippen molar-refractivity contribution in [2.24, 2.45) is 5.92 Å². The molecule has 0 fully saturated rings. The van der Waals surface area contributed by atoms with E-state index < -0.39 is 12.1 Å². The summed E-state index contributed by atoms with van der Waals surface area (Å²) in [5.41, 5.74) is 0. The first-order chi connectivity index (χ1) is 9.47. The molecule has 5 heteroatoms. The van der Waals surface area contributed by atoms with Crippen molar-refractivity contribution in [3.63, 3.8) is 0 Å². The molecular weight excluding hydrogens is 258 g/mol. The van der Waals surface area contributed by atoms with Crippen LogP contribution in [0.1, 0.15) is 52.9 Å². The highest BCUT2D eigenvalue weighted by Crippen LogP contribution is 2.09. The molecular formula is C15H31NO4. The van der Waals surface area contributed by atoms with E-state index in [1.807, 2.05) is 0 Å². The second-order valence-corrected chi connectivity index (χ2v) is 5.56. The number of hydrogen-bond donors (Lipinski definition) is 3. The highest BCUT2D eigenvalue weighted by Gasteiger charge is 2.12. The largest absolute Gasteiger partial charge is 0.481 e. The van der Waals surface area contributed by atoms with Crippen LogP contribution in [0.5, 0.6) is 0 Å². The van der Waals surface area contributed by atoms with Crippen molar-refractivity contribution in [2.45, 2.75) is 65.0 Å². The summed E-state index contributed by atoms with van der Waals surface area (Å²) in [6.45, 7) is 7.48. The minimum atomic E-state index is -0.731. The van der Waals surface area contributed by atoms with Gasteiger partial charge in [0.15, 0.2) is 0 Å². The monoisotopic (exact) mass is 289 g/mol. The second-order valence-electron chi connectivity index (χ2n) is 5.56. The van der Waals surface area contributed by atoms with Crippen molar-refractivity contribution < 1.29 is 19.7 Å². The fourth-order valence-corrected chi connectivity index (χ4v) is 1.82. The standard InChI is InChI=1S/C15H31NO4/c1-4-5-9-20-11-14(17)10-16-13(3)8-6-7-12(2)15(18)19/h12-14,16-17H,4-11H2,1-3H3,(H,18,19). The van der Waals surface area contributed by atoms with Crippen LogP contribution in [-0.2, 0) is 9.53 Å². The van der Waals surface area contributed by atoms with Gasteiger partial charge in [0.05, 0.1) is 18.6 Å². The average molecular weight is 289 g/mol. The molecule has 0 aliphatic heterocycles. The van der Waals surface area contributed by atoms with Gasteiger partial charge in [0.25, 0.3) is 0 Å². The van der Waals surface area contributed by atoms with E-state index in [4.69, 9.17) is 9.84 Å². The van der Waals surface area contributed by atoms with Gasteiger partial charge in [-0.3, -0.25) is 4.79 Å². The van der Waals surface area contributed by atoms with Gasteiger partial charge in [-0.1, -0.05) is 26.7 Å². The average Bonchev–Trinajstić information content (AvgIpc) is 2.41. The Kier molecular flexibility index (Phi) is 11.7. The predicted octanol–water partition coefficient (Wildman–Crippen LogP) is 2.03. The van der Waals surface area contributed by atoms with E-state index >= 15 is 0 Å². The molecule has 0 rings (SSSR count). The van der Waals surface area contributed by atoms with Crippen LogP contribution in [0, 0.1) is 5.92 Å². The van der Waals surface area contributed by atoms with Crippen molar-refractivity contribution >= 4 is 5.97 Å². The molecule has 120 valence electrons. The molecule has 0 aliphatic carbocycles. The molecule has 20 heavy (non-hydrogen) atoms. The van der Waals surface area contributed by atoms with Crippen molar-refractivity contribution in [2.75, 3.05) is 19.8 Å². The van der Waals surface area contributed by atoms with Gasteiger partial charge in [-0.05, 0) is 26.2 Å². The third-order valence-electron chi connectivity index (χ3n) is 3.35. The van der Waals surface area contributed by atoms with Crippen molar-refractivity contribution in [3.05, 3.63) is 0 Å². The molecule has 0 saturated heterocycles. The SMILES string of the molecule is CCCCOCC(O)CNC(C)CCCC(C)C(=O)O. The van der Waals surface area contributed by atoms with E-state index in [2.05, 4.69) is 19.2 Å². The number of carbonyl (C=O) groups is 1. The number of unbranched alkanes of at least 4 members (excludes halogenated alkanes) is 1. The van der Waals surface area contributed by atoms with Crippen LogP contribution < -0.4 is 5.32 Å². The second kappa shape index (κ2) is 12.1. The van der Waals surface area contributed by atoms with Gasteiger partial charge in [0.1, 0.15) is 0 Å². The minimum absolute atomic E-state index is 0.278. The first-order valence-electron chi connectivity index (χ1n) is 7.69. The molecule has 0 aromatic heterocycles. The molecule has 0 heterocycles. The van der Waals surface area contributed by atoms with Crippen LogP contribution in [0.4, 0.5) is 0 Å². The summed E-state index contributed by atoms with van der Waals surface area (Å²) in [7, 11) is 0. The molecule has 0 radical (unpaired) electrons. The quantitative estimate of drug-likeness (QED) is 0.452. The summed E-state index contributed by atoms with van der Waals surface area (Å²) in [5, 5.41) is 21.7. The predicted molar refractivity (Wildman–Crippen MR) is 79.8 cm³/mol. The van der Waals surface area contributed by atoms with Crippen LogP contribution in [0.3, 0.4) is 0 Å². The van der Waals surface area contributed by atoms with E-state index in [0.29, 0.717) is 26.2 Å². The summed E-state index contributed by atoms with van der Waals surface area (Å²) in [6.07, 6.45) is 4.14. The lowest BCUT2D eigenvalue weighted by atomic mass is 10.0. The van der Waals surface area contributed by atoms with Gasteiger partial charge in [0, 0.05) is 19.2 Å². The van der Waals surface area contributed by atoms with Crippen LogP contribution in [0.15, 0.2) is 0 Å². The van der Waals surface area contributed by atoms with E-state index in [1.54, 1.807) is 6.92 Å². The molecule has 0 spiro atoms. The lowest BCUT2D eigenvalue weighted by Gasteiger charge is -2.17. The molecule has 0 aromatic rings. The van der Waals surface area contributed by atoms with Gasteiger partial charge >= 0.3 is 5.97 Å². The molecule has 3 atom stereocenters. The van der Waals surface area contributed by atoms with Crippen LogP contribution in [-0.4, -0.2) is 48.1 Å². The Balaban J connectivity index is 3.51. The number of carboxylic acids is 1. The zero-order valence-electron chi connectivity index (χ0n) is 13.1. The molecule has 0 aromatic carbocycles. The number of nitrogens with one attached hydrogen (secondary N) is 1. The molecule has 0 amide bonds. The molecule has 3 unspecified atom stereocenters. The highest BCUT2D eigenvalue weighted by atomic mass is 16.5. The molecule has 0 aliphatic rings. The maximum absolute atomic E-state index is 10.7. The van der Waals surface area contributed by atoms with Crippen molar-refractivity contribution in [1.29, 1.82) is 0 Å². The van der Waals surface area contributed by atoms with Gasteiger partial charge < -0.3 is 20.3 Å². The smallest absolute Gasteiger partial charge is 0.306 e. The molecule has 0 saturated carbocycles. The molecule has 0 bridgehead atoms. The number of aliphatic carboxylic acids is 1. The Labute approximate surface area is 122 Å². The maximum Gasteiger partial charge on any atom is 0.306 e. The highest BCUT2D eigenvalue weighted by molar-refractivity contribution is 5.69. The van der Waals surface area contributed by atoms with E-state index in [9.17, 15) is 9.90 Å². The summed E-state index contributed by atoms with van der Waals surface area (Å²) in [5.74, 6) is -1.01.